The van der Waals surface area contributed by atoms with Crippen LogP contribution >= 0.6 is 7.82 Å². The summed E-state index contributed by atoms with van der Waals surface area (Å²) in [5.74, 6) is -0.239. The number of hydrogen-bond donors (Lipinski definition) is 2. The molecule has 0 heterocycles. The third-order valence-corrected chi connectivity index (χ3v) is 10.7. The van der Waals surface area contributed by atoms with Crippen LogP contribution in [0.2, 0.25) is 0 Å². The fourth-order valence-electron chi connectivity index (χ4n) is 6.12. The number of nitrogens with zero attached hydrogens (tertiary/aromatic N) is 1. The third-order valence-electron chi connectivity index (χ3n) is 9.71. The molecule has 0 aliphatic carbocycles. The average Bonchev–Trinajstić information content (AvgIpc) is 3.15. The summed E-state index contributed by atoms with van der Waals surface area (Å²) in [6.07, 6.45) is 50.0. The van der Waals surface area contributed by atoms with E-state index >= 15 is 0 Å². The maximum atomic E-state index is 12.8. The summed E-state index contributed by atoms with van der Waals surface area (Å²) >= 11 is 0. The lowest BCUT2D eigenvalue weighted by atomic mass is 10.0. The van der Waals surface area contributed by atoms with Crippen molar-refractivity contribution in [2.45, 2.75) is 193 Å². The second-order valence-electron chi connectivity index (χ2n) is 16.4. The lowest BCUT2D eigenvalue weighted by Gasteiger charge is -2.29. The highest BCUT2D eigenvalue weighted by Crippen LogP contribution is 2.38. The fourth-order valence-corrected chi connectivity index (χ4v) is 6.85. The molecule has 0 radical (unpaired) electrons. The zero-order valence-electron chi connectivity index (χ0n) is 36.8. The molecule has 0 bridgehead atoms. The Morgan fingerprint density at radius 3 is 1.66 bits per heavy atom. The molecule has 0 aromatic rings. The van der Waals surface area contributed by atoms with Crippen molar-refractivity contribution in [3.8, 4) is 0 Å². The summed E-state index contributed by atoms with van der Waals surface area (Å²) in [7, 11) is 1.21. The van der Waals surface area contributed by atoms with Crippen molar-refractivity contribution in [1.82, 2.24) is 5.32 Å². The van der Waals surface area contributed by atoms with E-state index in [1.165, 1.54) is 96.3 Å². The van der Waals surface area contributed by atoms with Crippen LogP contribution in [0.3, 0.4) is 0 Å². The van der Waals surface area contributed by atoms with Crippen LogP contribution in [-0.4, -0.2) is 68.5 Å². The van der Waals surface area contributed by atoms with E-state index in [0.29, 0.717) is 23.9 Å². The lowest BCUT2D eigenvalue weighted by molar-refractivity contribution is -0.870. The number of unbranched alkanes of at least 4 members (excludes halogenated alkanes) is 19. The number of phosphoric ester groups is 1. The monoisotopic (exact) mass is 807 g/mol. The van der Waals surface area contributed by atoms with Gasteiger partial charge in [0.05, 0.1) is 39.9 Å². The molecule has 0 aliphatic rings. The smallest absolute Gasteiger partial charge is 0.268 e. The van der Waals surface area contributed by atoms with E-state index in [2.05, 4.69) is 67.8 Å². The maximum Gasteiger partial charge on any atom is 0.268 e. The summed E-state index contributed by atoms with van der Waals surface area (Å²) in [4.78, 5) is 25.3. The Morgan fingerprint density at radius 2 is 1.11 bits per heavy atom. The number of allylic oxidation sites excluding steroid dienone is 9. The van der Waals surface area contributed by atoms with Gasteiger partial charge in [0.1, 0.15) is 13.2 Å². The average molecular weight is 807 g/mol. The Morgan fingerprint density at radius 1 is 0.643 bits per heavy atom. The van der Waals surface area contributed by atoms with Crippen LogP contribution in [0.4, 0.5) is 0 Å². The van der Waals surface area contributed by atoms with Gasteiger partial charge in [-0.3, -0.25) is 9.36 Å². The van der Waals surface area contributed by atoms with Gasteiger partial charge in [-0.15, -0.1) is 0 Å². The predicted octanol–water partition coefficient (Wildman–Crippen LogP) is 12.0. The summed E-state index contributed by atoms with van der Waals surface area (Å²) in [6, 6.07) is -0.919. The second kappa shape index (κ2) is 38.7. The van der Waals surface area contributed by atoms with Crippen molar-refractivity contribution < 1.29 is 32.9 Å². The molecule has 0 spiro atoms. The zero-order valence-corrected chi connectivity index (χ0v) is 37.7. The molecule has 0 rings (SSSR count). The van der Waals surface area contributed by atoms with E-state index in [0.717, 1.165) is 57.8 Å². The number of nitrogens with one attached hydrogen (secondary N) is 1. The van der Waals surface area contributed by atoms with Gasteiger partial charge in [-0.1, -0.05) is 171 Å². The van der Waals surface area contributed by atoms with E-state index in [9.17, 15) is 19.4 Å². The van der Waals surface area contributed by atoms with Gasteiger partial charge in [0.25, 0.3) is 7.82 Å². The summed E-state index contributed by atoms with van der Waals surface area (Å²) in [6.45, 7) is 4.47. The molecule has 9 heteroatoms. The number of aliphatic hydroxyl groups is 1. The van der Waals surface area contributed by atoms with Crippen LogP contribution in [-0.2, 0) is 18.4 Å². The minimum Gasteiger partial charge on any atom is -0.756 e. The molecule has 56 heavy (non-hydrogen) atoms. The third kappa shape index (κ3) is 40.4. The van der Waals surface area contributed by atoms with E-state index in [4.69, 9.17) is 9.05 Å². The van der Waals surface area contributed by atoms with Gasteiger partial charge in [-0.2, -0.15) is 0 Å². The molecule has 0 saturated carbocycles. The molecular weight excluding hydrogens is 719 g/mol. The van der Waals surface area contributed by atoms with Gasteiger partial charge in [0, 0.05) is 6.42 Å². The van der Waals surface area contributed by atoms with E-state index in [1.807, 2.05) is 27.2 Å². The lowest BCUT2D eigenvalue weighted by Crippen LogP contribution is -2.45. The first kappa shape index (κ1) is 54.2. The minimum absolute atomic E-state index is 0.0146. The summed E-state index contributed by atoms with van der Waals surface area (Å²) in [5, 5.41) is 13.7. The van der Waals surface area contributed by atoms with Gasteiger partial charge in [0.15, 0.2) is 0 Å². The molecule has 1 amide bonds. The highest BCUT2D eigenvalue weighted by atomic mass is 31.2. The number of phosphoric acid groups is 1. The number of carbonyl (C=O) groups excluding carboxylic acids is 1. The molecule has 2 N–H and O–H groups in total. The van der Waals surface area contributed by atoms with Gasteiger partial charge in [-0.05, 0) is 64.2 Å². The van der Waals surface area contributed by atoms with Crippen molar-refractivity contribution in [3.63, 3.8) is 0 Å². The first-order chi connectivity index (χ1) is 27.0. The SMILES string of the molecule is CC/C=C\C/C=C\C/C=C\CCCCCC(=O)NC(COP(=O)([O-])OCC[N+](C)(C)C)C(O)/C=C/CC/C=C/CCCCCCCCCCCCCCCCC. The number of likely N-dealkylation sites (N-methyl/N-ethyl adjacent to an activating group) is 1. The Bertz CT molecular complexity index is 1100. The molecule has 0 fully saturated rings. The molecule has 326 valence electrons. The van der Waals surface area contributed by atoms with Crippen LogP contribution in [0, 0.1) is 0 Å². The Labute approximate surface area is 345 Å². The van der Waals surface area contributed by atoms with Crippen molar-refractivity contribution >= 4 is 13.7 Å². The quantitative estimate of drug-likeness (QED) is 0.0276. The van der Waals surface area contributed by atoms with Gasteiger partial charge < -0.3 is 28.8 Å². The predicted molar refractivity (Wildman–Crippen MR) is 237 cm³/mol. The first-order valence-corrected chi connectivity index (χ1v) is 24.1. The molecule has 0 aromatic heterocycles. The normalized spacial score (nSPS) is 14.9. The van der Waals surface area contributed by atoms with Crippen LogP contribution in [0.1, 0.15) is 181 Å². The van der Waals surface area contributed by atoms with Crippen molar-refractivity contribution in [1.29, 1.82) is 0 Å². The highest BCUT2D eigenvalue weighted by molar-refractivity contribution is 7.45. The molecule has 8 nitrogen and oxygen atoms in total. The fraction of sp³-hybridized carbons (Fsp3) is 0.766. The topological polar surface area (TPSA) is 108 Å². The van der Waals surface area contributed by atoms with Crippen molar-refractivity contribution in [2.75, 3.05) is 40.9 Å². The van der Waals surface area contributed by atoms with Crippen LogP contribution in [0.25, 0.3) is 0 Å². The number of carbonyl (C=O) groups is 1. The van der Waals surface area contributed by atoms with Gasteiger partial charge >= 0.3 is 0 Å². The molecule has 3 atom stereocenters. The number of amides is 1. The molecule has 3 unspecified atom stereocenters. The maximum absolute atomic E-state index is 12.8. The Kier molecular flexibility index (Phi) is 37.5. The van der Waals surface area contributed by atoms with Gasteiger partial charge in [-0.25, -0.2) is 0 Å². The van der Waals surface area contributed by atoms with Crippen molar-refractivity contribution in [3.05, 3.63) is 60.8 Å². The minimum atomic E-state index is -4.60. The molecular formula is C47H87N2O6P. The van der Waals surface area contributed by atoms with Crippen LogP contribution < -0.4 is 10.2 Å². The molecule has 0 saturated heterocycles. The van der Waals surface area contributed by atoms with E-state index < -0.39 is 26.6 Å². The largest absolute Gasteiger partial charge is 0.756 e. The summed E-state index contributed by atoms with van der Waals surface area (Å²) in [5.41, 5.74) is 0. The van der Waals surface area contributed by atoms with Crippen LogP contribution in [0.5, 0.6) is 0 Å². The standard InChI is InChI=1S/C47H87N2O6P/c1-6-8-10-12-14-16-18-20-21-22-23-24-25-26-27-29-30-32-34-36-38-40-46(50)45(44-55-56(52,53)54-43-42-49(3,4)5)48-47(51)41-39-37-35-33-31-28-19-17-15-13-11-9-7-2/h9,11,15,17,28,30-32,38,40,45-46,50H,6-8,10,12-14,16,18-27,29,33-37,39,41-44H2,1-5H3,(H-,48,51,52,53)/b11-9-,17-15-,31-28-,32-30+,40-38+. The zero-order chi connectivity index (χ0) is 41.4. The van der Waals surface area contributed by atoms with Crippen LogP contribution in [0.15, 0.2) is 60.8 Å². The highest BCUT2D eigenvalue weighted by Gasteiger charge is 2.23. The number of aliphatic hydroxyl groups excluding tert-OH is 1. The van der Waals surface area contributed by atoms with Crippen molar-refractivity contribution in [2.24, 2.45) is 0 Å². The number of rotatable bonds is 40. The Hall–Kier alpha value is -1.80. The van der Waals surface area contributed by atoms with E-state index in [1.54, 1.807) is 6.08 Å². The molecule has 0 aliphatic heterocycles. The van der Waals surface area contributed by atoms with Gasteiger partial charge in [0.2, 0.25) is 5.91 Å². The number of hydrogen-bond acceptors (Lipinski definition) is 6. The Balaban J connectivity index is 4.46. The summed E-state index contributed by atoms with van der Waals surface area (Å²) < 4.78 is 23.1. The van der Waals surface area contributed by atoms with E-state index in [-0.39, 0.29) is 12.5 Å². The molecule has 0 aromatic carbocycles. The second-order valence-corrected chi connectivity index (χ2v) is 17.8. The first-order valence-electron chi connectivity index (χ1n) is 22.7. The number of quaternary nitrogens is 1.